The molecular weight excluding hydrogens is 304 g/mol. The highest BCUT2D eigenvalue weighted by Crippen LogP contribution is 2.08. The van der Waals surface area contributed by atoms with Crippen molar-refractivity contribution in [3.05, 3.63) is 0 Å². The van der Waals surface area contributed by atoms with Crippen LogP contribution in [0, 0.1) is 0 Å². The maximum atomic E-state index is 3.59. The third-order valence-corrected chi connectivity index (χ3v) is 5.12. The van der Waals surface area contributed by atoms with Gasteiger partial charge in [-0.3, -0.25) is 0 Å². The quantitative estimate of drug-likeness (QED) is 0.208. The number of nitrogens with one attached hydrogen (secondary N) is 2. The van der Waals surface area contributed by atoms with Gasteiger partial charge in [-0.1, -0.05) is 104 Å². The van der Waals surface area contributed by atoms with Gasteiger partial charge >= 0.3 is 0 Å². The molecule has 0 saturated heterocycles. The lowest BCUT2D eigenvalue weighted by atomic mass is 10.1. The Labute approximate surface area is 160 Å². The SMILES string of the molecule is CCCCCCCCCCNCCCNCCCCCCCCCC. The first-order valence-corrected chi connectivity index (χ1v) is 11.8. The highest BCUT2D eigenvalue weighted by Gasteiger charge is 1.94. The van der Waals surface area contributed by atoms with Gasteiger partial charge in [0.25, 0.3) is 0 Å². The summed E-state index contributed by atoms with van der Waals surface area (Å²) in [7, 11) is 0. The van der Waals surface area contributed by atoms with Crippen LogP contribution in [0.5, 0.6) is 0 Å². The zero-order valence-electron chi connectivity index (χ0n) is 17.8. The van der Waals surface area contributed by atoms with Gasteiger partial charge in [-0.2, -0.15) is 0 Å². The summed E-state index contributed by atoms with van der Waals surface area (Å²) in [5.74, 6) is 0. The molecule has 0 heterocycles. The van der Waals surface area contributed by atoms with Crippen LogP contribution in [0.2, 0.25) is 0 Å². The van der Waals surface area contributed by atoms with Crippen LogP contribution in [-0.4, -0.2) is 26.2 Å². The van der Waals surface area contributed by atoms with Gasteiger partial charge < -0.3 is 10.6 Å². The van der Waals surface area contributed by atoms with E-state index in [-0.39, 0.29) is 0 Å². The first-order valence-electron chi connectivity index (χ1n) is 11.8. The molecule has 0 radical (unpaired) electrons. The third-order valence-electron chi connectivity index (χ3n) is 5.12. The van der Waals surface area contributed by atoms with E-state index in [1.54, 1.807) is 0 Å². The molecule has 0 aliphatic carbocycles. The average molecular weight is 355 g/mol. The van der Waals surface area contributed by atoms with Gasteiger partial charge in [0.15, 0.2) is 0 Å². The van der Waals surface area contributed by atoms with Crippen molar-refractivity contribution in [1.82, 2.24) is 10.6 Å². The smallest absolute Gasteiger partial charge is 0.00368 e. The van der Waals surface area contributed by atoms with Crippen LogP contribution in [0.4, 0.5) is 0 Å². The van der Waals surface area contributed by atoms with Gasteiger partial charge in [0.1, 0.15) is 0 Å². The molecule has 0 fully saturated rings. The maximum absolute atomic E-state index is 3.59. The van der Waals surface area contributed by atoms with Crippen molar-refractivity contribution >= 4 is 0 Å². The molecule has 2 N–H and O–H groups in total. The Morgan fingerprint density at radius 1 is 0.320 bits per heavy atom. The number of rotatable bonds is 22. The Balaban J connectivity index is 2.94. The van der Waals surface area contributed by atoms with Gasteiger partial charge in [-0.15, -0.1) is 0 Å². The molecule has 0 unspecified atom stereocenters. The minimum Gasteiger partial charge on any atom is -0.317 e. The van der Waals surface area contributed by atoms with E-state index in [2.05, 4.69) is 24.5 Å². The predicted molar refractivity (Wildman–Crippen MR) is 116 cm³/mol. The van der Waals surface area contributed by atoms with Crippen molar-refractivity contribution in [1.29, 1.82) is 0 Å². The summed E-state index contributed by atoms with van der Waals surface area (Å²) in [5.41, 5.74) is 0. The summed E-state index contributed by atoms with van der Waals surface area (Å²) < 4.78 is 0. The highest BCUT2D eigenvalue weighted by molar-refractivity contribution is 4.54. The van der Waals surface area contributed by atoms with Gasteiger partial charge in [0.2, 0.25) is 0 Å². The van der Waals surface area contributed by atoms with Gasteiger partial charge in [-0.05, 0) is 45.4 Å². The van der Waals surface area contributed by atoms with Crippen LogP contribution < -0.4 is 10.6 Å². The Morgan fingerprint density at radius 2 is 0.600 bits per heavy atom. The molecule has 25 heavy (non-hydrogen) atoms. The molecule has 0 bridgehead atoms. The summed E-state index contributed by atoms with van der Waals surface area (Å²) in [6.07, 6.45) is 23.9. The minimum atomic E-state index is 1.18. The molecule has 152 valence electrons. The fourth-order valence-electron chi connectivity index (χ4n) is 3.36. The van der Waals surface area contributed by atoms with Crippen molar-refractivity contribution in [2.24, 2.45) is 0 Å². The van der Waals surface area contributed by atoms with Crippen LogP contribution in [0.25, 0.3) is 0 Å². The lowest BCUT2D eigenvalue weighted by Gasteiger charge is -2.07. The lowest BCUT2D eigenvalue weighted by Crippen LogP contribution is -2.23. The molecular formula is C23H50N2. The zero-order valence-corrected chi connectivity index (χ0v) is 17.8. The molecule has 0 saturated carbocycles. The lowest BCUT2D eigenvalue weighted by molar-refractivity contribution is 0.531. The van der Waals surface area contributed by atoms with Crippen molar-refractivity contribution in [2.75, 3.05) is 26.2 Å². The van der Waals surface area contributed by atoms with Crippen LogP contribution >= 0.6 is 0 Å². The van der Waals surface area contributed by atoms with Gasteiger partial charge in [0.05, 0.1) is 0 Å². The molecule has 0 amide bonds. The third kappa shape index (κ3) is 23.9. The number of hydrogen-bond donors (Lipinski definition) is 2. The summed E-state index contributed by atoms with van der Waals surface area (Å²) in [6.45, 7) is 9.37. The second-order valence-electron chi connectivity index (χ2n) is 7.80. The molecule has 0 atom stereocenters. The van der Waals surface area contributed by atoms with Gasteiger partial charge in [-0.25, -0.2) is 0 Å². The van der Waals surface area contributed by atoms with E-state index in [4.69, 9.17) is 0 Å². The van der Waals surface area contributed by atoms with Crippen LogP contribution in [0.15, 0.2) is 0 Å². The van der Waals surface area contributed by atoms with E-state index in [0.29, 0.717) is 0 Å². The molecule has 0 rings (SSSR count). The largest absolute Gasteiger partial charge is 0.317 e. The maximum Gasteiger partial charge on any atom is -0.00368 e. The Morgan fingerprint density at radius 3 is 0.960 bits per heavy atom. The van der Waals surface area contributed by atoms with E-state index in [0.717, 1.165) is 0 Å². The van der Waals surface area contributed by atoms with Crippen LogP contribution in [-0.2, 0) is 0 Å². The normalized spacial score (nSPS) is 11.3. The summed E-state index contributed by atoms with van der Waals surface area (Å²) in [5, 5.41) is 7.18. The molecule has 0 aromatic rings. The molecule has 2 heteroatoms. The van der Waals surface area contributed by atoms with Crippen molar-refractivity contribution in [2.45, 2.75) is 123 Å². The predicted octanol–water partition coefficient (Wildman–Crippen LogP) is 6.84. The molecule has 2 nitrogen and oxygen atoms in total. The first-order chi connectivity index (χ1) is 12.4. The highest BCUT2D eigenvalue weighted by atomic mass is 14.9. The Hall–Kier alpha value is -0.0800. The van der Waals surface area contributed by atoms with E-state index in [9.17, 15) is 0 Å². The Kier molecular flexibility index (Phi) is 23.8. The first kappa shape index (κ1) is 24.9. The second-order valence-corrected chi connectivity index (χ2v) is 7.80. The standard InChI is InChI=1S/C23H50N2/c1-3-5-7-9-11-13-15-17-20-24-22-19-23-25-21-18-16-14-12-10-8-6-4-2/h24-25H,3-23H2,1-2H3. The van der Waals surface area contributed by atoms with Crippen LogP contribution in [0.1, 0.15) is 123 Å². The molecule has 0 aromatic carbocycles. The molecule has 0 aliphatic rings. The molecule has 0 aromatic heterocycles. The monoisotopic (exact) mass is 354 g/mol. The van der Waals surface area contributed by atoms with E-state index < -0.39 is 0 Å². The fourth-order valence-corrected chi connectivity index (χ4v) is 3.36. The summed E-state index contributed by atoms with van der Waals surface area (Å²) in [4.78, 5) is 0. The zero-order chi connectivity index (χ0) is 18.3. The fraction of sp³-hybridized carbons (Fsp3) is 1.00. The summed E-state index contributed by atoms with van der Waals surface area (Å²) >= 11 is 0. The summed E-state index contributed by atoms with van der Waals surface area (Å²) in [6, 6.07) is 0. The van der Waals surface area contributed by atoms with E-state index in [1.807, 2.05) is 0 Å². The van der Waals surface area contributed by atoms with Crippen molar-refractivity contribution < 1.29 is 0 Å². The second kappa shape index (κ2) is 23.9. The Bertz CT molecular complexity index is 196. The topological polar surface area (TPSA) is 24.1 Å². The van der Waals surface area contributed by atoms with Crippen molar-refractivity contribution in [3.8, 4) is 0 Å². The average Bonchev–Trinajstić information content (AvgIpc) is 2.63. The number of unbranched alkanes of at least 4 members (excludes halogenated alkanes) is 14. The van der Waals surface area contributed by atoms with Crippen molar-refractivity contribution in [3.63, 3.8) is 0 Å². The van der Waals surface area contributed by atoms with Gasteiger partial charge in [0, 0.05) is 0 Å². The minimum absolute atomic E-state index is 1.18. The van der Waals surface area contributed by atoms with E-state index in [1.165, 1.54) is 135 Å². The van der Waals surface area contributed by atoms with E-state index >= 15 is 0 Å². The van der Waals surface area contributed by atoms with Crippen LogP contribution in [0.3, 0.4) is 0 Å². The molecule has 0 spiro atoms. The molecule has 0 aliphatic heterocycles. The number of hydrogen-bond acceptors (Lipinski definition) is 2.